The molecule has 0 aromatic heterocycles. The van der Waals surface area contributed by atoms with Gasteiger partial charge >= 0.3 is 0 Å². The Balaban J connectivity index is 1.64. The largest absolute Gasteiger partial charge is 0.357 e. The first-order valence-electron chi connectivity index (χ1n) is 10.2. The van der Waals surface area contributed by atoms with Crippen molar-refractivity contribution in [3.05, 3.63) is 70.2 Å². The Morgan fingerprint density at radius 1 is 1.21 bits per heavy atom. The Morgan fingerprint density at radius 3 is 2.66 bits per heavy atom. The van der Waals surface area contributed by atoms with Crippen LogP contribution in [-0.4, -0.2) is 29.9 Å². The van der Waals surface area contributed by atoms with E-state index >= 15 is 0 Å². The molecular formula is C23H29ClN4O. The van der Waals surface area contributed by atoms with Gasteiger partial charge in [-0.3, -0.25) is 4.79 Å². The summed E-state index contributed by atoms with van der Waals surface area (Å²) in [6, 6.07) is 16.3. The first-order valence-corrected chi connectivity index (χ1v) is 10.6. The Bertz CT molecular complexity index is 850. The maximum atomic E-state index is 11.9. The molecule has 6 heteroatoms. The van der Waals surface area contributed by atoms with E-state index in [1.165, 1.54) is 0 Å². The van der Waals surface area contributed by atoms with Crippen LogP contribution in [0.15, 0.2) is 53.5 Å². The molecule has 0 aliphatic carbocycles. The first-order chi connectivity index (χ1) is 14.0. The van der Waals surface area contributed by atoms with Gasteiger partial charge in [-0.1, -0.05) is 48.0 Å². The molecule has 0 saturated carbocycles. The molecule has 3 rings (SSSR count). The second kappa shape index (κ2) is 10.3. The number of hydrogen-bond donors (Lipinski definition) is 2. The molecule has 29 heavy (non-hydrogen) atoms. The molecule has 1 aliphatic heterocycles. The van der Waals surface area contributed by atoms with Crippen LogP contribution in [0.25, 0.3) is 0 Å². The fraction of sp³-hybridized carbons (Fsp3) is 0.391. The smallest absolute Gasteiger partial charge is 0.222 e. The van der Waals surface area contributed by atoms with E-state index in [9.17, 15) is 4.79 Å². The molecule has 2 aromatic rings. The summed E-state index contributed by atoms with van der Waals surface area (Å²) in [6.07, 6.45) is 1.64. The Kier molecular flexibility index (Phi) is 7.53. The van der Waals surface area contributed by atoms with Crippen LogP contribution in [0, 0.1) is 0 Å². The quantitative estimate of drug-likeness (QED) is 0.527. The molecular weight excluding hydrogens is 384 g/mol. The van der Waals surface area contributed by atoms with E-state index in [0.29, 0.717) is 19.5 Å². The number of amides is 1. The molecule has 0 radical (unpaired) electrons. The molecule has 1 fully saturated rings. The number of hydrogen-bond acceptors (Lipinski definition) is 2. The summed E-state index contributed by atoms with van der Waals surface area (Å²) in [5.74, 6) is 1.03. The SMILES string of the molecule is CCNC(=NCc1cccc(CN2CCCC2=O)c1)NC(C)c1ccc(Cl)cc1. The summed E-state index contributed by atoms with van der Waals surface area (Å²) >= 11 is 5.99. The summed E-state index contributed by atoms with van der Waals surface area (Å²) in [7, 11) is 0. The summed E-state index contributed by atoms with van der Waals surface area (Å²) < 4.78 is 0. The van der Waals surface area contributed by atoms with Crippen molar-refractivity contribution in [2.24, 2.45) is 4.99 Å². The van der Waals surface area contributed by atoms with Gasteiger partial charge in [-0.05, 0) is 49.1 Å². The van der Waals surface area contributed by atoms with Crippen LogP contribution < -0.4 is 10.6 Å². The second-order valence-corrected chi connectivity index (χ2v) is 7.79. The van der Waals surface area contributed by atoms with Gasteiger partial charge < -0.3 is 15.5 Å². The van der Waals surface area contributed by atoms with Gasteiger partial charge in [0.15, 0.2) is 5.96 Å². The van der Waals surface area contributed by atoms with Gasteiger partial charge in [-0.25, -0.2) is 4.99 Å². The van der Waals surface area contributed by atoms with Gasteiger partial charge in [0, 0.05) is 31.1 Å². The maximum Gasteiger partial charge on any atom is 0.222 e. The van der Waals surface area contributed by atoms with E-state index < -0.39 is 0 Å². The van der Waals surface area contributed by atoms with Crippen LogP contribution in [-0.2, 0) is 17.9 Å². The van der Waals surface area contributed by atoms with Gasteiger partial charge in [0.05, 0.1) is 12.6 Å². The fourth-order valence-corrected chi connectivity index (χ4v) is 3.57. The van der Waals surface area contributed by atoms with Crippen molar-refractivity contribution in [2.45, 2.75) is 45.8 Å². The molecule has 1 aliphatic rings. The molecule has 5 nitrogen and oxygen atoms in total. The number of likely N-dealkylation sites (tertiary alicyclic amines) is 1. The molecule has 1 unspecified atom stereocenters. The Hall–Kier alpha value is -2.53. The lowest BCUT2D eigenvalue weighted by atomic mass is 10.1. The monoisotopic (exact) mass is 412 g/mol. The van der Waals surface area contributed by atoms with Gasteiger partial charge in [0.1, 0.15) is 0 Å². The normalized spacial score (nSPS) is 15.5. The third kappa shape index (κ3) is 6.23. The van der Waals surface area contributed by atoms with Gasteiger partial charge in [-0.2, -0.15) is 0 Å². The first kappa shape index (κ1) is 21.2. The maximum absolute atomic E-state index is 11.9. The summed E-state index contributed by atoms with van der Waals surface area (Å²) in [6.45, 7) is 7.06. The topological polar surface area (TPSA) is 56.7 Å². The Morgan fingerprint density at radius 2 is 1.97 bits per heavy atom. The zero-order valence-corrected chi connectivity index (χ0v) is 17.9. The van der Waals surface area contributed by atoms with E-state index in [2.05, 4.69) is 42.7 Å². The molecule has 1 amide bonds. The van der Waals surface area contributed by atoms with Crippen LogP contribution in [0.3, 0.4) is 0 Å². The summed E-state index contributed by atoms with van der Waals surface area (Å²) in [4.78, 5) is 18.5. The highest BCUT2D eigenvalue weighted by molar-refractivity contribution is 6.30. The van der Waals surface area contributed by atoms with Crippen molar-refractivity contribution < 1.29 is 4.79 Å². The third-order valence-corrected chi connectivity index (χ3v) is 5.28. The fourth-order valence-electron chi connectivity index (χ4n) is 3.45. The molecule has 0 bridgehead atoms. The van der Waals surface area contributed by atoms with Gasteiger partial charge in [-0.15, -0.1) is 0 Å². The highest BCUT2D eigenvalue weighted by Crippen LogP contribution is 2.17. The zero-order valence-electron chi connectivity index (χ0n) is 17.1. The van der Waals surface area contributed by atoms with Crippen LogP contribution >= 0.6 is 11.6 Å². The zero-order chi connectivity index (χ0) is 20.6. The molecule has 2 N–H and O–H groups in total. The molecule has 1 atom stereocenters. The van der Waals surface area contributed by atoms with Crippen molar-refractivity contribution in [3.8, 4) is 0 Å². The lowest BCUT2D eigenvalue weighted by molar-refractivity contribution is -0.128. The average molecular weight is 413 g/mol. The highest BCUT2D eigenvalue weighted by atomic mass is 35.5. The number of carbonyl (C=O) groups excluding carboxylic acids is 1. The van der Waals surface area contributed by atoms with Crippen LogP contribution in [0.5, 0.6) is 0 Å². The van der Waals surface area contributed by atoms with Crippen molar-refractivity contribution in [2.75, 3.05) is 13.1 Å². The molecule has 1 heterocycles. The number of guanidine groups is 1. The van der Waals surface area contributed by atoms with E-state index in [-0.39, 0.29) is 11.9 Å². The summed E-state index contributed by atoms with van der Waals surface area (Å²) in [5, 5.41) is 7.48. The van der Waals surface area contributed by atoms with E-state index in [4.69, 9.17) is 16.6 Å². The van der Waals surface area contributed by atoms with Crippen molar-refractivity contribution in [1.82, 2.24) is 15.5 Å². The van der Waals surface area contributed by atoms with Crippen molar-refractivity contribution in [1.29, 1.82) is 0 Å². The number of aliphatic imine (C=N–C) groups is 1. The van der Waals surface area contributed by atoms with Crippen LogP contribution in [0.1, 0.15) is 49.4 Å². The molecule has 1 saturated heterocycles. The van der Waals surface area contributed by atoms with E-state index in [1.807, 2.05) is 35.2 Å². The number of rotatable bonds is 7. The molecule has 0 spiro atoms. The van der Waals surface area contributed by atoms with Crippen LogP contribution in [0.2, 0.25) is 5.02 Å². The standard InChI is InChI=1S/C23H29ClN4O/c1-3-25-23(27-17(2)20-9-11-21(24)12-10-20)26-15-18-6-4-7-19(14-18)16-28-13-5-8-22(28)29/h4,6-7,9-12,14,17H,3,5,8,13,15-16H2,1-2H3,(H2,25,26,27). The predicted molar refractivity (Wildman–Crippen MR) is 119 cm³/mol. The second-order valence-electron chi connectivity index (χ2n) is 7.35. The lowest BCUT2D eigenvalue weighted by Gasteiger charge is -2.18. The minimum Gasteiger partial charge on any atom is -0.357 e. The van der Waals surface area contributed by atoms with Crippen molar-refractivity contribution in [3.63, 3.8) is 0 Å². The Labute approximate surface area is 178 Å². The lowest BCUT2D eigenvalue weighted by Crippen LogP contribution is -2.38. The molecule has 154 valence electrons. The summed E-state index contributed by atoms with van der Waals surface area (Å²) in [5.41, 5.74) is 3.43. The van der Waals surface area contributed by atoms with E-state index in [1.54, 1.807) is 0 Å². The minimum atomic E-state index is 0.109. The van der Waals surface area contributed by atoms with E-state index in [0.717, 1.165) is 47.2 Å². The number of benzene rings is 2. The van der Waals surface area contributed by atoms with Crippen molar-refractivity contribution >= 4 is 23.5 Å². The number of carbonyl (C=O) groups is 1. The van der Waals surface area contributed by atoms with Crippen LogP contribution in [0.4, 0.5) is 0 Å². The number of nitrogens with zero attached hydrogens (tertiary/aromatic N) is 2. The molecule has 2 aromatic carbocycles. The third-order valence-electron chi connectivity index (χ3n) is 5.02. The van der Waals surface area contributed by atoms with Gasteiger partial charge in [0.2, 0.25) is 5.91 Å². The highest BCUT2D eigenvalue weighted by Gasteiger charge is 2.19. The van der Waals surface area contributed by atoms with Gasteiger partial charge in [0.25, 0.3) is 0 Å². The minimum absolute atomic E-state index is 0.109. The number of halogens is 1. The number of nitrogens with one attached hydrogen (secondary N) is 2. The average Bonchev–Trinajstić information content (AvgIpc) is 3.11. The predicted octanol–water partition coefficient (Wildman–Crippen LogP) is 4.28.